The van der Waals surface area contributed by atoms with Gasteiger partial charge < -0.3 is 15.2 Å². The van der Waals surface area contributed by atoms with Crippen LogP contribution in [0.1, 0.15) is 48.2 Å². The van der Waals surface area contributed by atoms with Gasteiger partial charge in [0.25, 0.3) is 5.91 Å². The highest BCUT2D eigenvalue weighted by atomic mass is 32.2. The molecule has 2 heterocycles. The van der Waals surface area contributed by atoms with Crippen LogP contribution in [-0.2, 0) is 21.3 Å². The number of benzene rings is 2. The van der Waals surface area contributed by atoms with Crippen molar-refractivity contribution < 1.29 is 13.7 Å². The molecule has 3 aromatic rings. The first-order chi connectivity index (χ1) is 15.7. The Balaban J connectivity index is 1.43. The van der Waals surface area contributed by atoms with Gasteiger partial charge in [0.05, 0.1) is 12.5 Å². The summed E-state index contributed by atoms with van der Waals surface area (Å²) in [5, 5.41) is 6.02. The molecule has 1 atom stereocenters. The van der Waals surface area contributed by atoms with Gasteiger partial charge in [0, 0.05) is 47.2 Å². The maximum atomic E-state index is 14.7. The van der Waals surface area contributed by atoms with Gasteiger partial charge in [-0.25, -0.2) is 14.4 Å². The number of aromatic nitrogens is 2. The number of nitrogens with one attached hydrogen (secondary N) is 2. The topological polar surface area (TPSA) is 90.0 Å². The molecule has 1 fully saturated rings. The lowest BCUT2D eigenvalue weighted by Crippen LogP contribution is -2.43. The summed E-state index contributed by atoms with van der Waals surface area (Å²) in [6.45, 7) is 4.61. The van der Waals surface area contributed by atoms with Crippen molar-refractivity contribution in [3.8, 4) is 11.3 Å². The molecule has 2 N–H and O–H groups in total. The fourth-order valence-electron chi connectivity index (χ4n) is 4.41. The Labute approximate surface area is 195 Å². The summed E-state index contributed by atoms with van der Waals surface area (Å²) in [6.07, 6.45) is 4.77. The summed E-state index contributed by atoms with van der Waals surface area (Å²) in [5.74, 6) is -0.381. The first-order valence-electron chi connectivity index (χ1n) is 10.9. The van der Waals surface area contributed by atoms with E-state index >= 15 is 0 Å². The second-order valence-electron chi connectivity index (χ2n) is 9.37. The maximum Gasteiger partial charge on any atom is 0.251 e. The van der Waals surface area contributed by atoms with Crippen molar-refractivity contribution in [3.05, 3.63) is 71.2 Å². The number of anilines is 2. The van der Waals surface area contributed by atoms with Gasteiger partial charge in [-0.15, -0.1) is 0 Å². The minimum absolute atomic E-state index is 0.121. The van der Waals surface area contributed by atoms with E-state index in [-0.39, 0.29) is 27.7 Å². The number of fused-ring (bicyclic) bond motifs is 1. The van der Waals surface area contributed by atoms with Crippen LogP contribution in [0.15, 0.2) is 48.7 Å². The van der Waals surface area contributed by atoms with Gasteiger partial charge in [0.1, 0.15) is 5.69 Å². The van der Waals surface area contributed by atoms with E-state index in [0.717, 1.165) is 35.9 Å². The van der Waals surface area contributed by atoms with Crippen molar-refractivity contribution in [2.45, 2.75) is 36.9 Å². The number of halogens is 1. The molecule has 1 unspecified atom stereocenters. The highest BCUT2D eigenvalue weighted by molar-refractivity contribution is 7.91. The van der Waals surface area contributed by atoms with E-state index in [9.17, 15) is 13.7 Å². The third kappa shape index (κ3) is 3.87. The Morgan fingerprint density at radius 3 is 2.55 bits per heavy atom. The molecule has 1 aromatic heterocycles. The highest BCUT2D eigenvalue weighted by Crippen LogP contribution is 2.52. The summed E-state index contributed by atoms with van der Waals surface area (Å²) in [5.41, 5.74) is 3.79. The van der Waals surface area contributed by atoms with Crippen LogP contribution in [0.4, 0.5) is 16.0 Å². The molecule has 0 bridgehead atoms. The van der Waals surface area contributed by atoms with Gasteiger partial charge in [-0.05, 0) is 41.0 Å². The second-order valence-corrected chi connectivity index (χ2v) is 11.1. The molecule has 6 nitrogen and oxygen atoms in total. The van der Waals surface area contributed by atoms with E-state index in [1.165, 1.54) is 0 Å². The van der Waals surface area contributed by atoms with Gasteiger partial charge >= 0.3 is 0 Å². The second kappa shape index (κ2) is 7.81. The van der Waals surface area contributed by atoms with Crippen LogP contribution in [0, 0.1) is 5.82 Å². The summed E-state index contributed by atoms with van der Waals surface area (Å²) >= 11 is -0.908. The van der Waals surface area contributed by atoms with Crippen molar-refractivity contribution in [1.82, 2.24) is 15.3 Å². The van der Waals surface area contributed by atoms with Crippen LogP contribution < -0.4 is 10.6 Å². The number of carbonyl (C=O) groups is 1. The minimum Gasteiger partial charge on any atom is -0.616 e. The number of amides is 1. The Morgan fingerprint density at radius 2 is 1.88 bits per heavy atom. The monoisotopic (exact) mass is 464 g/mol. The predicted octanol–water partition coefficient (Wildman–Crippen LogP) is 4.41. The Bertz CT molecular complexity index is 1240. The van der Waals surface area contributed by atoms with E-state index in [1.807, 2.05) is 44.2 Å². The quantitative estimate of drug-likeness (QED) is 0.546. The van der Waals surface area contributed by atoms with Crippen molar-refractivity contribution in [1.29, 1.82) is 0 Å². The van der Waals surface area contributed by atoms with Crippen LogP contribution in [0.5, 0.6) is 0 Å². The molecule has 170 valence electrons. The van der Waals surface area contributed by atoms with Gasteiger partial charge in [-0.3, -0.25) is 4.79 Å². The molecule has 0 saturated heterocycles. The highest BCUT2D eigenvalue weighted by Gasteiger charge is 2.53. The molecule has 5 rings (SSSR count). The molecule has 33 heavy (non-hydrogen) atoms. The van der Waals surface area contributed by atoms with Crippen LogP contribution in [-0.4, -0.2) is 33.2 Å². The van der Waals surface area contributed by atoms with Gasteiger partial charge in [-0.1, -0.05) is 32.0 Å². The third-order valence-electron chi connectivity index (χ3n) is 6.62. The molecule has 0 radical (unpaired) electrons. The summed E-state index contributed by atoms with van der Waals surface area (Å²) in [4.78, 5) is 20.7. The van der Waals surface area contributed by atoms with Crippen molar-refractivity contribution in [3.63, 3.8) is 0 Å². The zero-order valence-electron chi connectivity index (χ0n) is 18.7. The van der Waals surface area contributed by atoms with E-state index < -0.39 is 17.0 Å². The first kappa shape index (κ1) is 21.9. The minimum atomic E-state index is -0.908. The number of nitrogens with zero attached hydrogens (tertiary/aromatic N) is 2. The van der Waals surface area contributed by atoms with Crippen molar-refractivity contribution in [2.75, 3.05) is 18.1 Å². The number of hydrogen-bond acceptors (Lipinski definition) is 5. The van der Waals surface area contributed by atoms with E-state index in [1.54, 1.807) is 18.4 Å². The standard InChI is InChI=1S/C25H25FN4O2S/c1-24(2)14-28-22(31)18-9-4-15(12-19(18)24)21-20(26)13-27-23(30-21)29-17-7-5-16(6-8-17)25(10-11-25)33(3)32/h4-9,12-13H,10-11,14H2,1-3H3,(H,28,31)(H,27,29,30). The first-order valence-corrected chi connectivity index (χ1v) is 12.4. The lowest BCUT2D eigenvalue weighted by molar-refractivity contribution is 0.0930. The number of rotatable bonds is 5. The Kier molecular flexibility index (Phi) is 5.17. The molecule has 1 amide bonds. The van der Waals surface area contributed by atoms with Gasteiger partial charge in [0.2, 0.25) is 5.95 Å². The van der Waals surface area contributed by atoms with Crippen LogP contribution >= 0.6 is 0 Å². The number of hydrogen-bond donors (Lipinski definition) is 2. The molecular formula is C25H25FN4O2S. The summed E-state index contributed by atoms with van der Waals surface area (Å²) in [6, 6.07) is 13.0. The average molecular weight is 465 g/mol. The van der Waals surface area contributed by atoms with Crippen molar-refractivity contribution in [2.24, 2.45) is 0 Å². The van der Waals surface area contributed by atoms with E-state index in [2.05, 4.69) is 20.6 Å². The lowest BCUT2D eigenvalue weighted by Gasteiger charge is -2.32. The van der Waals surface area contributed by atoms with Gasteiger partial charge in [0.15, 0.2) is 10.6 Å². The largest absolute Gasteiger partial charge is 0.616 e. The molecule has 1 aliphatic heterocycles. The predicted molar refractivity (Wildman–Crippen MR) is 127 cm³/mol. The zero-order chi connectivity index (χ0) is 23.4. The molecule has 1 aliphatic carbocycles. The maximum absolute atomic E-state index is 14.7. The normalized spacial score (nSPS) is 18.8. The van der Waals surface area contributed by atoms with Gasteiger partial charge in [-0.2, -0.15) is 0 Å². The Morgan fingerprint density at radius 1 is 1.15 bits per heavy atom. The van der Waals surface area contributed by atoms with E-state index in [0.29, 0.717) is 17.7 Å². The Hall–Kier alpha value is -2.97. The SMILES string of the molecule is C[S+]([O-])C1(c2ccc(Nc3ncc(F)c(-c4ccc5c(c4)C(C)(C)CNC5=O)n3)cc2)CC1. The lowest BCUT2D eigenvalue weighted by atomic mass is 9.78. The summed E-state index contributed by atoms with van der Waals surface area (Å²) < 4.78 is 26.6. The fraction of sp³-hybridized carbons (Fsp3) is 0.320. The van der Waals surface area contributed by atoms with Crippen LogP contribution in [0.3, 0.4) is 0 Å². The zero-order valence-corrected chi connectivity index (χ0v) is 19.6. The smallest absolute Gasteiger partial charge is 0.251 e. The molecular weight excluding hydrogens is 439 g/mol. The van der Waals surface area contributed by atoms with Crippen molar-refractivity contribution >= 4 is 28.7 Å². The molecule has 0 spiro atoms. The average Bonchev–Trinajstić information content (AvgIpc) is 3.61. The molecule has 8 heteroatoms. The fourth-order valence-corrected chi connectivity index (χ4v) is 5.56. The summed E-state index contributed by atoms with van der Waals surface area (Å²) in [7, 11) is 0. The molecule has 2 aromatic carbocycles. The van der Waals surface area contributed by atoms with Crippen LogP contribution in [0.2, 0.25) is 0 Å². The third-order valence-corrected chi connectivity index (χ3v) is 8.37. The number of carbonyl (C=O) groups excluding carboxylic acids is 1. The van der Waals surface area contributed by atoms with E-state index in [4.69, 9.17) is 0 Å². The van der Waals surface area contributed by atoms with Crippen LogP contribution in [0.25, 0.3) is 11.3 Å². The molecule has 1 saturated carbocycles. The molecule has 2 aliphatic rings.